The lowest BCUT2D eigenvalue weighted by Crippen LogP contribution is -2.13. The maximum Gasteiger partial charge on any atom is 0.255 e. The molecule has 4 nitrogen and oxygen atoms in total. The Kier molecular flexibility index (Phi) is 4.29. The average molecular weight is 320 g/mol. The van der Waals surface area contributed by atoms with Crippen molar-refractivity contribution in [2.45, 2.75) is 13.5 Å². The lowest BCUT2D eigenvalue weighted by atomic mass is 10.2. The number of pyridine rings is 1. The van der Waals surface area contributed by atoms with Crippen LogP contribution in [-0.2, 0) is 6.54 Å². The number of hydrogen-bond acceptors (Lipinski definition) is 3. The van der Waals surface area contributed by atoms with Crippen LogP contribution < -0.4 is 11.1 Å². The van der Waals surface area contributed by atoms with Gasteiger partial charge in [0.15, 0.2) is 0 Å². The molecular weight excluding hydrogens is 306 g/mol. The van der Waals surface area contributed by atoms with Crippen molar-refractivity contribution < 1.29 is 4.79 Å². The molecule has 3 N–H and O–H groups in total. The van der Waals surface area contributed by atoms with Crippen molar-refractivity contribution in [3.8, 4) is 0 Å². The summed E-state index contributed by atoms with van der Waals surface area (Å²) in [5.74, 6) is -0.177. The Bertz CT molecular complexity index is 613. The zero-order valence-corrected chi connectivity index (χ0v) is 12.1. The van der Waals surface area contributed by atoms with Crippen molar-refractivity contribution in [3.05, 3.63) is 57.8 Å². The summed E-state index contributed by atoms with van der Waals surface area (Å²) in [6.07, 6.45) is 1.59. The largest absolute Gasteiger partial charge is 0.325 e. The number of carbonyl (C=O) groups is 1. The lowest BCUT2D eigenvalue weighted by molar-refractivity contribution is 0.102. The van der Waals surface area contributed by atoms with E-state index in [1.807, 2.05) is 25.1 Å². The number of nitrogens with one attached hydrogen (secondary N) is 1. The first kappa shape index (κ1) is 13.7. The van der Waals surface area contributed by atoms with Gasteiger partial charge >= 0.3 is 0 Å². The predicted molar refractivity (Wildman–Crippen MR) is 79.0 cm³/mol. The Balaban J connectivity index is 2.23. The molecule has 1 amide bonds. The van der Waals surface area contributed by atoms with E-state index >= 15 is 0 Å². The fourth-order valence-corrected chi connectivity index (χ4v) is 2.03. The number of benzene rings is 1. The van der Waals surface area contributed by atoms with Gasteiger partial charge in [0.2, 0.25) is 0 Å². The van der Waals surface area contributed by atoms with Crippen molar-refractivity contribution in [3.63, 3.8) is 0 Å². The highest BCUT2D eigenvalue weighted by atomic mass is 79.9. The Hall–Kier alpha value is -1.72. The molecule has 0 aliphatic carbocycles. The zero-order chi connectivity index (χ0) is 13.8. The minimum atomic E-state index is -0.177. The summed E-state index contributed by atoms with van der Waals surface area (Å²) in [5, 5.41) is 2.86. The SMILES string of the molecule is Cc1cccc(NC(=O)c2ccnc(CN)c2)c1Br. The van der Waals surface area contributed by atoms with Gasteiger partial charge in [-0.15, -0.1) is 0 Å². The second-order valence-corrected chi connectivity index (χ2v) is 4.92. The standard InChI is InChI=1S/C14H14BrN3O/c1-9-3-2-4-12(13(9)15)18-14(19)10-5-6-17-11(7-10)8-16/h2-7H,8,16H2,1H3,(H,18,19). The van der Waals surface area contributed by atoms with Gasteiger partial charge in [-0.05, 0) is 46.6 Å². The first-order chi connectivity index (χ1) is 9.11. The fraction of sp³-hybridized carbons (Fsp3) is 0.143. The number of aromatic nitrogens is 1. The molecule has 1 aromatic heterocycles. The molecule has 0 saturated carbocycles. The van der Waals surface area contributed by atoms with E-state index in [0.717, 1.165) is 15.7 Å². The van der Waals surface area contributed by atoms with Gasteiger partial charge in [0.25, 0.3) is 5.91 Å². The van der Waals surface area contributed by atoms with Gasteiger partial charge in [0.05, 0.1) is 11.4 Å². The minimum Gasteiger partial charge on any atom is -0.325 e. The quantitative estimate of drug-likeness (QED) is 0.914. The van der Waals surface area contributed by atoms with Gasteiger partial charge in [0, 0.05) is 22.8 Å². The van der Waals surface area contributed by atoms with E-state index in [2.05, 4.69) is 26.2 Å². The number of aryl methyl sites for hydroxylation is 1. The molecule has 98 valence electrons. The van der Waals surface area contributed by atoms with E-state index in [0.29, 0.717) is 17.8 Å². The van der Waals surface area contributed by atoms with Crippen molar-refractivity contribution in [2.75, 3.05) is 5.32 Å². The van der Waals surface area contributed by atoms with Gasteiger partial charge < -0.3 is 11.1 Å². The van der Waals surface area contributed by atoms with Crippen molar-refractivity contribution in [1.29, 1.82) is 0 Å². The van der Waals surface area contributed by atoms with Crippen LogP contribution >= 0.6 is 15.9 Å². The molecular formula is C14H14BrN3O. The maximum absolute atomic E-state index is 12.1. The molecule has 0 spiro atoms. The molecule has 0 unspecified atom stereocenters. The summed E-state index contributed by atoms with van der Waals surface area (Å²) >= 11 is 3.46. The van der Waals surface area contributed by atoms with Crippen LogP contribution in [0.3, 0.4) is 0 Å². The van der Waals surface area contributed by atoms with Crippen LogP contribution in [0.1, 0.15) is 21.6 Å². The van der Waals surface area contributed by atoms with Crippen LogP contribution in [0, 0.1) is 6.92 Å². The second kappa shape index (κ2) is 5.95. The monoisotopic (exact) mass is 319 g/mol. The van der Waals surface area contributed by atoms with Crippen molar-refractivity contribution in [1.82, 2.24) is 4.98 Å². The number of rotatable bonds is 3. The smallest absolute Gasteiger partial charge is 0.255 e. The molecule has 5 heteroatoms. The number of anilines is 1. The number of carbonyl (C=O) groups excluding carboxylic acids is 1. The Morgan fingerprint density at radius 3 is 2.95 bits per heavy atom. The van der Waals surface area contributed by atoms with E-state index in [-0.39, 0.29) is 5.91 Å². The topological polar surface area (TPSA) is 68.0 Å². The van der Waals surface area contributed by atoms with Crippen molar-refractivity contribution in [2.24, 2.45) is 5.73 Å². The van der Waals surface area contributed by atoms with Crippen LogP contribution in [0.5, 0.6) is 0 Å². The van der Waals surface area contributed by atoms with Crippen LogP contribution in [0.25, 0.3) is 0 Å². The molecule has 19 heavy (non-hydrogen) atoms. The summed E-state index contributed by atoms with van der Waals surface area (Å²) in [7, 11) is 0. The summed E-state index contributed by atoms with van der Waals surface area (Å²) in [4.78, 5) is 16.2. The minimum absolute atomic E-state index is 0.177. The molecule has 1 aromatic carbocycles. The molecule has 2 rings (SSSR count). The first-order valence-electron chi connectivity index (χ1n) is 5.83. The molecule has 2 aromatic rings. The summed E-state index contributed by atoms with van der Waals surface area (Å²) in [6.45, 7) is 2.29. The number of nitrogens with two attached hydrogens (primary N) is 1. The predicted octanol–water partition coefficient (Wildman–Crippen LogP) is 2.86. The van der Waals surface area contributed by atoms with Crippen molar-refractivity contribution >= 4 is 27.5 Å². The highest BCUT2D eigenvalue weighted by molar-refractivity contribution is 9.10. The highest BCUT2D eigenvalue weighted by Crippen LogP contribution is 2.26. The third kappa shape index (κ3) is 3.19. The third-order valence-electron chi connectivity index (χ3n) is 2.73. The number of hydrogen-bond donors (Lipinski definition) is 2. The molecule has 0 atom stereocenters. The lowest BCUT2D eigenvalue weighted by Gasteiger charge is -2.09. The van der Waals surface area contributed by atoms with Crippen LogP contribution in [-0.4, -0.2) is 10.9 Å². The third-order valence-corrected chi connectivity index (χ3v) is 3.78. The highest BCUT2D eigenvalue weighted by Gasteiger charge is 2.09. The van der Waals surface area contributed by atoms with E-state index in [9.17, 15) is 4.79 Å². The molecule has 0 bridgehead atoms. The van der Waals surface area contributed by atoms with Crippen LogP contribution in [0.4, 0.5) is 5.69 Å². The molecule has 0 aliphatic heterocycles. The number of halogens is 1. The zero-order valence-electron chi connectivity index (χ0n) is 10.5. The average Bonchev–Trinajstić information content (AvgIpc) is 2.44. The van der Waals surface area contributed by atoms with E-state index in [1.54, 1.807) is 18.3 Å². The Morgan fingerprint density at radius 2 is 2.21 bits per heavy atom. The first-order valence-corrected chi connectivity index (χ1v) is 6.62. The van der Waals surface area contributed by atoms with Gasteiger partial charge in [-0.25, -0.2) is 0 Å². The normalized spacial score (nSPS) is 10.3. The second-order valence-electron chi connectivity index (χ2n) is 4.13. The van der Waals surface area contributed by atoms with Crippen LogP contribution in [0.15, 0.2) is 41.0 Å². The maximum atomic E-state index is 12.1. The summed E-state index contributed by atoms with van der Waals surface area (Å²) in [6, 6.07) is 9.07. The molecule has 1 heterocycles. The fourth-order valence-electron chi connectivity index (χ4n) is 1.67. The van der Waals surface area contributed by atoms with Gasteiger partial charge in [-0.1, -0.05) is 12.1 Å². The van der Waals surface area contributed by atoms with E-state index in [1.165, 1.54) is 0 Å². The summed E-state index contributed by atoms with van der Waals surface area (Å²) < 4.78 is 0.886. The van der Waals surface area contributed by atoms with Gasteiger partial charge in [-0.2, -0.15) is 0 Å². The summed E-state index contributed by atoms with van der Waals surface area (Å²) in [5.41, 5.74) is 8.56. The molecule has 0 fully saturated rings. The van der Waals surface area contributed by atoms with E-state index in [4.69, 9.17) is 5.73 Å². The van der Waals surface area contributed by atoms with Gasteiger partial charge in [0.1, 0.15) is 0 Å². The van der Waals surface area contributed by atoms with E-state index < -0.39 is 0 Å². The molecule has 0 saturated heterocycles. The Morgan fingerprint density at radius 1 is 1.42 bits per heavy atom. The van der Waals surface area contributed by atoms with Crippen LogP contribution in [0.2, 0.25) is 0 Å². The molecule has 0 aliphatic rings. The molecule has 0 radical (unpaired) electrons. The van der Waals surface area contributed by atoms with Gasteiger partial charge in [-0.3, -0.25) is 9.78 Å². The number of nitrogens with zero attached hydrogens (tertiary/aromatic N) is 1. The number of amides is 1. The Labute approximate surface area is 120 Å².